The number of nitrogens with two attached hydrogens (primary N) is 1. The van der Waals surface area contributed by atoms with Crippen LogP contribution in [0.25, 0.3) is 0 Å². The SMILES string of the molecule is CCC(CC)C(C)Nc1nc(Cl)ccc1N. The van der Waals surface area contributed by atoms with E-state index >= 15 is 0 Å². The molecule has 0 aliphatic rings. The van der Waals surface area contributed by atoms with Crippen molar-refractivity contribution in [1.82, 2.24) is 4.98 Å². The van der Waals surface area contributed by atoms with Gasteiger partial charge >= 0.3 is 0 Å². The number of aromatic nitrogens is 1. The summed E-state index contributed by atoms with van der Waals surface area (Å²) in [4.78, 5) is 4.19. The van der Waals surface area contributed by atoms with Crippen LogP contribution in [0.5, 0.6) is 0 Å². The summed E-state index contributed by atoms with van der Waals surface area (Å²) in [6.45, 7) is 6.54. The van der Waals surface area contributed by atoms with Crippen LogP contribution in [0.2, 0.25) is 5.15 Å². The standard InChI is InChI=1S/C12H20ClN3/c1-4-9(5-2)8(3)15-12-10(14)6-7-11(13)16-12/h6-9H,4-5,14H2,1-3H3,(H,15,16). The molecule has 1 unspecified atom stereocenters. The van der Waals surface area contributed by atoms with E-state index in [0.29, 0.717) is 28.6 Å². The molecule has 0 radical (unpaired) electrons. The Morgan fingerprint density at radius 2 is 2.00 bits per heavy atom. The van der Waals surface area contributed by atoms with Crippen molar-refractivity contribution in [3.63, 3.8) is 0 Å². The Hall–Kier alpha value is -0.960. The first-order valence-corrected chi connectivity index (χ1v) is 6.14. The summed E-state index contributed by atoms with van der Waals surface area (Å²) in [5, 5.41) is 3.80. The molecule has 0 fully saturated rings. The predicted octanol–water partition coefficient (Wildman–Crippen LogP) is 3.55. The van der Waals surface area contributed by atoms with Crippen molar-refractivity contribution in [3.8, 4) is 0 Å². The number of hydrogen-bond donors (Lipinski definition) is 2. The summed E-state index contributed by atoms with van der Waals surface area (Å²) in [5.41, 5.74) is 6.48. The topological polar surface area (TPSA) is 50.9 Å². The third kappa shape index (κ3) is 3.27. The molecule has 1 heterocycles. The van der Waals surface area contributed by atoms with Gasteiger partial charge in [-0.15, -0.1) is 0 Å². The van der Waals surface area contributed by atoms with Crippen molar-refractivity contribution < 1.29 is 0 Å². The van der Waals surface area contributed by atoms with Gasteiger partial charge in [0.05, 0.1) is 5.69 Å². The van der Waals surface area contributed by atoms with E-state index < -0.39 is 0 Å². The lowest BCUT2D eigenvalue weighted by molar-refractivity contribution is 0.437. The van der Waals surface area contributed by atoms with Crippen molar-refractivity contribution in [2.75, 3.05) is 11.1 Å². The van der Waals surface area contributed by atoms with E-state index in [1.807, 2.05) is 0 Å². The Morgan fingerprint density at radius 3 is 2.56 bits per heavy atom. The van der Waals surface area contributed by atoms with Crippen LogP contribution in [0.1, 0.15) is 33.6 Å². The van der Waals surface area contributed by atoms with Crippen LogP contribution >= 0.6 is 11.6 Å². The minimum atomic E-state index is 0.350. The van der Waals surface area contributed by atoms with Gasteiger partial charge in [0.2, 0.25) is 0 Å². The fourth-order valence-electron chi connectivity index (χ4n) is 1.89. The average molecular weight is 242 g/mol. The zero-order valence-electron chi connectivity index (χ0n) is 10.1. The smallest absolute Gasteiger partial charge is 0.151 e. The molecular formula is C12H20ClN3. The Morgan fingerprint density at radius 1 is 1.38 bits per heavy atom. The molecule has 4 heteroatoms. The maximum atomic E-state index is 5.84. The van der Waals surface area contributed by atoms with E-state index in [1.165, 1.54) is 0 Å². The normalized spacial score (nSPS) is 12.8. The number of halogens is 1. The van der Waals surface area contributed by atoms with Crippen LogP contribution in [-0.2, 0) is 0 Å². The fourth-order valence-corrected chi connectivity index (χ4v) is 2.04. The Labute approximate surface area is 102 Å². The molecule has 0 spiro atoms. The van der Waals surface area contributed by atoms with Crippen molar-refractivity contribution in [2.24, 2.45) is 5.92 Å². The molecule has 3 nitrogen and oxygen atoms in total. The van der Waals surface area contributed by atoms with Crippen molar-refractivity contribution in [3.05, 3.63) is 17.3 Å². The lowest BCUT2D eigenvalue weighted by atomic mass is 9.95. The van der Waals surface area contributed by atoms with Gasteiger partial charge in [-0.25, -0.2) is 4.98 Å². The number of nitrogen functional groups attached to an aromatic ring is 1. The molecule has 0 amide bonds. The number of anilines is 2. The van der Waals surface area contributed by atoms with E-state index in [2.05, 4.69) is 31.1 Å². The molecule has 0 saturated carbocycles. The summed E-state index contributed by atoms with van der Waals surface area (Å²) < 4.78 is 0. The quantitative estimate of drug-likeness (QED) is 0.775. The van der Waals surface area contributed by atoms with E-state index in [-0.39, 0.29) is 0 Å². The summed E-state index contributed by atoms with van der Waals surface area (Å²) in [5.74, 6) is 1.31. The summed E-state index contributed by atoms with van der Waals surface area (Å²) in [6, 6.07) is 3.82. The first-order chi connectivity index (χ1) is 7.58. The third-order valence-electron chi connectivity index (χ3n) is 3.01. The monoisotopic (exact) mass is 241 g/mol. The average Bonchev–Trinajstić information content (AvgIpc) is 2.25. The highest BCUT2D eigenvalue weighted by Gasteiger charge is 2.14. The molecule has 16 heavy (non-hydrogen) atoms. The third-order valence-corrected chi connectivity index (χ3v) is 3.22. The molecule has 1 aromatic heterocycles. The van der Waals surface area contributed by atoms with Gasteiger partial charge in [-0.05, 0) is 25.0 Å². The second-order valence-electron chi connectivity index (χ2n) is 4.08. The highest BCUT2D eigenvalue weighted by atomic mass is 35.5. The van der Waals surface area contributed by atoms with Gasteiger partial charge in [-0.2, -0.15) is 0 Å². The minimum Gasteiger partial charge on any atom is -0.396 e. The number of pyridine rings is 1. The zero-order valence-corrected chi connectivity index (χ0v) is 10.9. The number of hydrogen-bond acceptors (Lipinski definition) is 3. The lowest BCUT2D eigenvalue weighted by Crippen LogP contribution is -2.26. The van der Waals surface area contributed by atoms with Crippen LogP contribution in [0, 0.1) is 5.92 Å². The second kappa shape index (κ2) is 5.94. The molecule has 1 aromatic rings. The predicted molar refractivity (Wildman–Crippen MR) is 70.8 cm³/mol. The van der Waals surface area contributed by atoms with Crippen molar-refractivity contribution >= 4 is 23.1 Å². The maximum absolute atomic E-state index is 5.84. The molecule has 0 aromatic carbocycles. The second-order valence-corrected chi connectivity index (χ2v) is 4.47. The largest absolute Gasteiger partial charge is 0.396 e. The molecule has 1 rings (SSSR count). The molecule has 90 valence electrons. The molecule has 0 bridgehead atoms. The van der Waals surface area contributed by atoms with Crippen LogP contribution < -0.4 is 11.1 Å². The van der Waals surface area contributed by atoms with Gasteiger partial charge in [-0.3, -0.25) is 0 Å². The van der Waals surface area contributed by atoms with E-state index in [1.54, 1.807) is 12.1 Å². The first kappa shape index (κ1) is 13.1. The molecular weight excluding hydrogens is 222 g/mol. The summed E-state index contributed by atoms with van der Waals surface area (Å²) in [6.07, 6.45) is 2.29. The van der Waals surface area contributed by atoms with Gasteiger partial charge in [0.25, 0.3) is 0 Å². The number of nitrogens with zero attached hydrogens (tertiary/aromatic N) is 1. The van der Waals surface area contributed by atoms with Gasteiger partial charge < -0.3 is 11.1 Å². The van der Waals surface area contributed by atoms with Crippen molar-refractivity contribution in [2.45, 2.75) is 39.7 Å². The zero-order chi connectivity index (χ0) is 12.1. The Kier molecular flexibility index (Phi) is 4.87. The van der Waals surface area contributed by atoms with E-state index in [9.17, 15) is 0 Å². The van der Waals surface area contributed by atoms with Crippen LogP contribution in [0.4, 0.5) is 11.5 Å². The van der Waals surface area contributed by atoms with Crippen LogP contribution in [0.15, 0.2) is 12.1 Å². The molecule has 0 aliphatic heterocycles. The Balaban J connectivity index is 2.75. The molecule has 1 atom stereocenters. The summed E-state index contributed by atoms with van der Waals surface area (Å²) in [7, 11) is 0. The maximum Gasteiger partial charge on any atom is 0.151 e. The number of nitrogens with one attached hydrogen (secondary N) is 1. The highest BCUT2D eigenvalue weighted by molar-refractivity contribution is 6.29. The van der Waals surface area contributed by atoms with Gasteiger partial charge in [0.1, 0.15) is 5.15 Å². The van der Waals surface area contributed by atoms with E-state index in [4.69, 9.17) is 17.3 Å². The minimum absolute atomic E-state index is 0.350. The van der Waals surface area contributed by atoms with Gasteiger partial charge in [0.15, 0.2) is 5.82 Å². The number of rotatable bonds is 5. The molecule has 0 aliphatic carbocycles. The van der Waals surface area contributed by atoms with Crippen LogP contribution in [-0.4, -0.2) is 11.0 Å². The first-order valence-electron chi connectivity index (χ1n) is 5.77. The Bertz CT molecular complexity index is 337. The van der Waals surface area contributed by atoms with E-state index in [0.717, 1.165) is 12.8 Å². The molecule has 3 N–H and O–H groups in total. The van der Waals surface area contributed by atoms with Gasteiger partial charge in [-0.1, -0.05) is 38.3 Å². The van der Waals surface area contributed by atoms with Gasteiger partial charge in [0, 0.05) is 6.04 Å². The molecule has 0 saturated heterocycles. The lowest BCUT2D eigenvalue weighted by Gasteiger charge is -2.23. The fraction of sp³-hybridized carbons (Fsp3) is 0.583. The van der Waals surface area contributed by atoms with Crippen molar-refractivity contribution in [1.29, 1.82) is 0 Å². The summed E-state index contributed by atoms with van der Waals surface area (Å²) >= 11 is 5.84. The highest BCUT2D eigenvalue weighted by Crippen LogP contribution is 2.22. The van der Waals surface area contributed by atoms with Crippen LogP contribution in [0.3, 0.4) is 0 Å².